The molecular weight excluding hydrogens is 238 g/mol. The third-order valence-corrected chi connectivity index (χ3v) is 6.18. The molecule has 0 aromatic heterocycles. The zero-order valence-corrected chi connectivity index (χ0v) is 11.9. The number of nitrogens with one attached hydrogen (secondary N) is 1. The van der Waals surface area contributed by atoms with E-state index in [4.69, 9.17) is 4.74 Å². The van der Waals surface area contributed by atoms with Gasteiger partial charge in [0.2, 0.25) is 0 Å². The van der Waals surface area contributed by atoms with Crippen LogP contribution in [0.25, 0.3) is 0 Å². The average molecular weight is 263 g/mol. The minimum atomic E-state index is -3.06. The molecule has 3 unspecified atom stereocenters. The highest BCUT2D eigenvalue weighted by molar-refractivity contribution is 7.92. The van der Waals surface area contributed by atoms with Crippen molar-refractivity contribution in [2.24, 2.45) is 0 Å². The summed E-state index contributed by atoms with van der Waals surface area (Å²) in [6.45, 7) is 7.78. The molecule has 1 saturated heterocycles. The summed E-state index contributed by atoms with van der Waals surface area (Å²) in [7, 11) is -3.06. The van der Waals surface area contributed by atoms with Gasteiger partial charge in [0.05, 0.1) is 16.6 Å². The summed E-state index contributed by atoms with van der Waals surface area (Å²) in [4.78, 5) is 0. The van der Waals surface area contributed by atoms with E-state index in [0.717, 1.165) is 19.4 Å². The van der Waals surface area contributed by atoms with Gasteiger partial charge >= 0.3 is 0 Å². The maximum absolute atomic E-state index is 12.3. The smallest absolute Gasteiger partial charge is 0.159 e. The molecule has 1 aliphatic heterocycles. The van der Waals surface area contributed by atoms with E-state index in [2.05, 4.69) is 12.2 Å². The predicted molar refractivity (Wildman–Crippen MR) is 70.0 cm³/mol. The Morgan fingerprint density at radius 2 is 2.18 bits per heavy atom. The van der Waals surface area contributed by atoms with Gasteiger partial charge in [-0.25, -0.2) is 8.42 Å². The highest BCUT2D eigenvalue weighted by atomic mass is 32.2. The Morgan fingerprint density at radius 1 is 1.47 bits per heavy atom. The number of unbranched alkanes of at least 4 members (excludes halogenated alkanes) is 1. The molecule has 102 valence electrons. The first-order chi connectivity index (χ1) is 8.00. The fraction of sp³-hybridized carbons (Fsp3) is 1.00. The van der Waals surface area contributed by atoms with Crippen molar-refractivity contribution in [2.45, 2.75) is 56.6 Å². The molecule has 1 aliphatic rings. The van der Waals surface area contributed by atoms with Gasteiger partial charge in [0, 0.05) is 13.2 Å². The monoisotopic (exact) mass is 263 g/mol. The topological polar surface area (TPSA) is 55.4 Å². The second-order valence-electron chi connectivity index (χ2n) is 4.86. The fourth-order valence-electron chi connectivity index (χ4n) is 2.17. The van der Waals surface area contributed by atoms with E-state index in [-0.39, 0.29) is 16.6 Å². The highest BCUT2D eigenvalue weighted by Crippen LogP contribution is 2.23. The molecular formula is C12H25NO3S. The first-order valence-electron chi connectivity index (χ1n) is 6.55. The molecule has 1 rings (SSSR count). The predicted octanol–water partition coefficient (Wildman–Crippen LogP) is 1.36. The summed E-state index contributed by atoms with van der Waals surface area (Å²) in [5.74, 6) is 0. The largest absolute Gasteiger partial charge is 0.377 e. The van der Waals surface area contributed by atoms with Gasteiger partial charge in [0.15, 0.2) is 9.84 Å². The van der Waals surface area contributed by atoms with Crippen molar-refractivity contribution < 1.29 is 13.2 Å². The first kappa shape index (κ1) is 14.9. The molecule has 1 fully saturated rings. The standard InChI is InChI=1S/C12H25NO3S/c1-4-5-7-13-9-10(2)17(14,15)12-6-8-16-11(12)3/h10-13H,4-9H2,1-3H3. The Morgan fingerprint density at radius 3 is 2.71 bits per heavy atom. The third-order valence-electron chi connectivity index (χ3n) is 3.43. The Kier molecular flexibility index (Phi) is 5.89. The minimum absolute atomic E-state index is 0.155. The van der Waals surface area contributed by atoms with Crippen LogP contribution in [0.2, 0.25) is 0 Å². The number of ether oxygens (including phenoxy) is 1. The lowest BCUT2D eigenvalue weighted by molar-refractivity contribution is 0.126. The van der Waals surface area contributed by atoms with Gasteiger partial charge in [-0.1, -0.05) is 13.3 Å². The van der Waals surface area contributed by atoms with Gasteiger partial charge in [-0.3, -0.25) is 0 Å². The molecule has 0 saturated carbocycles. The number of rotatable bonds is 7. The Hall–Kier alpha value is -0.130. The maximum atomic E-state index is 12.3. The summed E-state index contributed by atoms with van der Waals surface area (Å²) < 4.78 is 29.9. The fourth-order valence-corrected chi connectivity index (χ4v) is 4.15. The van der Waals surface area contributed by atoms with E-state index in [1.807, 2.05) is 6.92 Å². The third kappa shape index (κ3) is 3.93. The Bertz CT molecular complexity index is 316. The molecule has 1 N–H and O–H groups in total. The Labute approximate surface area is 105 Å². The molecule has 5 heteroatoms. The molecule has 0 aromatic carbocycles. The van der Waals surface area contributed by atoms with Crippen LogP contribution in [0.1, 0.15) is 40.0 Å². The van der Waals surface area contributed by atoms with Crippen molar-refractivity contribution in [1.29, 1.82) is 0 Å². The lowest BCUT2D eigenvalue weighted by Crippen LogP contribution is -2.40. The molecule has 1 heterocycles. The summed E-state index contributed by atoms with van der Waals surface area (Å²) in [5.41, 5.74) is 0. The summed E-state index contributed by atoms with van der Waals surface area (Å²) >= 11 is 0. The van der Waals surface area contributed by atoms with Gasteiger partial charge in [0.25, 0.3) is 0 Å². The van der Waals surface area contributed by atoms with Gasteiger partial charge in [-0.05, 0) is 33.2 Å². The normalized spacial score (nSPS) is 27.2. The number of sulfone groups is 1. The van der Waals surface area contributed by atoms with E-state index >= 15 is 0 Å². The van der Waals surface area contributed by atoms with Crippen LogP contribution in [0.15, 0.2) is 0 Å². The van der Waals surface area contributed by atoms with Gasteiger partial charge < -0.3 is 10.1 Å². The van der Waals surface area contributed by atoms with Crippen LogP contribution in [0.5, 0.6) is 0 Å². The zero-order chi connectivity index (χ0) is 12.9. The zero-order valence-electron chi connectivity index (χ0n) is 11.1. The molecule has 3 atom stereocenters. The molecule has 0 radical (unpaired) electrons. The van der Waals surface area contributed by atoms with E-state index in [1.54, 1.807) is 6.92 Å². The minimum Gasteiger partial charge on any atom is -0.377 e. The van der Waals surface area contributed by atoms with Crippen molar-refractivity contribution in [3.05, 3.63) is 0 Å². The molecule has 0 aromatic rings. The van der Waals surface area contributed by atoms with Crippen LogP contribution in [-0.4, -0.2) is 44.7 Å². The molecule has 0 spiro atoms. The van der Waals surface area contributed by atoms with Crippen LogP contribution >= 0.6 is 0 Å². The van der Waals surface area contributed by atoms with Crippen molar-refractivity contribution in [3.8, 4) is 0 Å². The summed E-state index contributed by atoms with van der Waals surface area (Å²) in [5, 5.41) is 2.57. The summed E-state index contributed by atoms with van der Waals surface area (Å²) in [6, 6.07) is 0. The number of hydrogen-bond acceptors (Lipinski definition) is 4. The van der Waals surface area contributed by atoms with Gasteiger partial charge in [-0.2, -0.15) is 0 Å². The van der Waals surface area contributed by atoms with E-state index in [0.29, 0.717) is 19.6 Å². The quantitative estimate of drug-likeness (QED) is 0.705. The Balaban J connectivity index is 2.46. The average Bonchev–Trinajstić information content (AvgIpc) is 2.71. The molecule has 4 nitrogen and oxygen atoms in total. The maximum Gasteiger partial charge on any atom is 0.159 e. The van der Waals surface area contributed by atoms with Crippen LogP contribution in [0.4, 0.5) is 0 Å². The van der Waals surface area contributed by atoms with E-state index in [9.17, 15) is 8.42 Å². The summed E-state index contributed by atoms with van der Waals surface area (Å²) in [6.07, 6.45) is 2.71. The lowest BCUT2D eigenvalue weighted by atomic mass is 10.3. The van der Waals surface area contributed by atoms with Crippen LogP contribution in [0.3, 0.4) is 0 Å². The van der Waals surface area contributed by atoms with E-state index in [1.165, 1.54) is 0 Å². The van der Waals surface area contributed by atoms with Crippen molar-refractivity contribution in [2.75, 3.05) is 19.7 Å². The number of hydrogen-bond donors (Lipinski definition) is 1. The second-order valence-corrected chi connectivity index (χ2v) is 7.45. The van der Waals surface area contributed by atoms with Gasteiger partial charge in [0.1, 0.15) is 0 Å². The SMILES string of the molecule is CCCCNCC(C)S(=O)(=O)C1CCOC1C. The van der Waals surface area contributed by atoms with Crippen LogP contribution in [-0.2, 0) is 14.6 Å². The van der Waals surface area contributed by atoms with Crippen molar-refractivity contribution >= 4 is 9.84 Å². The molecule has 17 heavy (non-hydrogen) atoms. The first-order valence-corrected chi connectivity index (χ1v) is 8.16. The van der Waals surface area contributed by atoms with Crippen molar-refractivity contribution in [3.63, 3.8) is 0 Å². The van der Waals surface area contributed by atoms with E-state index < -0.39 is 9.84 Å². The molecule has 0 aliphatic carbocycles. The molecule has 0 amide bonds. The van der Waals surface area contributed by atoms with Gasteiger partial charge in [-0.15, -0.1) is 0 Å². The highest BCUT2D eigenvalue weighted by Gasteiger charge is 2.38. The van der Waals surface area contributed by atoms with Crippen molar-refractivity contribution in [1.82, 2.24) is 5.32 Å². The second kappa shape index (κ2) is 6.71. The van der Waals surface area contributed by atoms with Crippen LogP contribution < -0.4 is 5.32 Å². The lowest BCUT2D eigenvalue weighted by Gasteiger charge is -2.20. The molecule has 0 bridgehead atoms. The van der Waals surface area contributed by atoms with Crippen LogP contribution in [0, 0.1) is 0 Å².